The minimum Gasteiger partial charge on any atom is -0.356 e. The summed E-state index contributed by atoms with van der Waals surface area (Å²) in [5, 5.41) is 6.43. The molecule has 24 heavy (non-hydrogen) atoms. The quantitative estimate of drug-likeness (QED) is 0.707. The summed E-state index contributed by atoms with van der Waals surface area (Å²) in [6.45, 7) is 0.350. The standard InChI is InChI=1S/C17H18ClF2N3S/c1-23(2)15(16-11(18)6-5-8-13(16)20)10-21-17(24)22-14-9-4-3-7-12(14)19/h3-9,15H,10H2,1-2H3,(H2,21,22,24)/p+1/t15-/m1/s1. The Kier molecular flexibility index (Phi) is 6.48. The first-order valence-electron chi connectivity index (χ1n) is 7.43. The molecule has 7 heteroatoms. The van der Waals surface area contributed by atoms with Crippen molar-refractivity contribution in [3.8, 4) is 0 Å². The van der Waals surface area contributed by atoms with Gasteiger partial charge in [0.05, 0.1) is 36.9 Å². The molecule has 0 heterocycles. The largest absolute Gasteiger partial charge is 0.356 e. The van der Waals surface area contributed by atoms with Crippen LogP contribution in [0.25, 0.3) is 0 Å². The first kappa shape index (κ1) is 18.6. The highest BCUT2D eigenvalue weighted by atomic mass is 35.5. The number of hydrogen-bond donors (Lipinski definition) is 3. The Morgan fingerprint density at radius 3 is 2.42 bits per heavy atom. The molecule has 0 radical (unpaired) electrons. The molecule has 0 amide bonds. The zero-order valence-electron chi connectivity index (χ0n) is 13.4. The molecule has 3 nitrogen and oxygen atoms in total. The second-order valence-corrected chi connectivity index (χ2v) is 6.40. The number of nitrogens with one attached hydrogen (secondary N) is 3. The topological polar surface area (TPSA) is 28.5 Å². The van der Waals surface area contributed by atoms with Gasteiger partial charge in [0, 0.05) is 0 Å². The third-order valence-corrected chi connectivity index (χ3v) is 4.21. The Labute approximate surface area is 150 Å². The van der Waals surface area contributed by atoms with Gasteiger partial charge in [-0.05, 0) is 36.5 Å². The van der Waals surface area contributed by atoms with Gasteiger partial charge in [0.2, 0.25) is 0 Å². The van der Waals surface area contributed by atoms with E-state index in [1.165, 1.54) is 12.1 Å². The highest BCUT2D eigenvalue weighted by Crippen LogP contribution is 2.24. The van der Waals surface area contributed by atoms with Gasteiger partial charge in [0.25, 0.3) is 0 Å². The van der Waals surface area contributed by atoms with Crippen LogP contribution in [-0.2, 0) is 0 Å². The molecule has 2 rings (SSSR count). The van der Waals surface area contributed by atoms with Gasteiger partial charge in [-0.15, -0.1) is 0 Å². The van der Waals surface area contributed by atoms with E-state index in [2.05, 4.69) is 10.6 Å². The van der Waals surface area contributed by atoms with Crippen molar-refractivity contribution in [2.75, 3.05) is 26.0 Å². The Morgan fingerprint density at radius 2 is 1.79 bits per heavy atom. The molecule has 0 aliphatic carbocycles. The molecule has 0 aliphatic rings. The molecule has 2 aromatic rings. The van der Waals surface area contributed by atoms with Crippen LogP contribution >= 0.6 is 23.8 Å². The smallest absolute Gasteiger partial charge is 0.171 e. The van der Waals surface area contributed by atoms with Crippen LogP contribution in [0.5, 0.6) is 0 Å². The first-order valence-corrected chi connectivity index (χ1v) is 8.22. The van der Waals surface area contributed by atoms with Crippen molar-refractivity contribution in [2.24, 2.45) is 0 Å². The van der Waals surface area contributed by atoms with Crippen molar-refractivity contribution in [1.82, 2.24) is 5.32 Å². The minimum atomic E-state index is -0.395. The number of hydrogen-bond acceptors (Lipinski definition) is 1. The molecule has 0 bridgehead atoms. The summed E-state index contributed by atoms with van der Waals surface area (Å²) in [4.78, 5) is 0.989. The predicted molar refractivity (Wildman–Crippen MR) is 97.6 cm³/mol. The third kappa shape index (κ3) is 4.63. The Balaban J connectivity index is 2.07. The number of likely N-dealkylation sites (N-methyl/N-ethyl adjacent to an activating group) is 1. The highest BCUT2D eigenvalue weighted by Gasteiger charge is 2.24. The number of quaternary nitrogens is 1. The second-order valence-electron chi connectivity index (χ2n) is 5.58. The number of thiocarbonyl (C=S) groups is 1. The summed E-state index contributed by atoms with van der Waals surface area (Å²) in [6.07, 6.45) is 0. The highest BCUT2D eigenvalue weighted by molar-refractivity contribution is 7.80. The third-order valence-electron chi connectivity index (χ3n) is 3.63. The SMILES string of the molecule is C[NH+](C)[C@H](CNC(=S)Nc1ccccc1F)c1c(F)cccc1Cl. The average Bonchev–Trinajstić information content (AvgIpc) is 2.52. The second kappa shape index (κ2) is 8.37. The zero-order valence-corrected chi connectivity index (χ0v) is 14.9. The maximum atomic E-state index is 14.2. The van der Waals surface area contributed by atoms with E-state index in [1.54, 1.807) is 30.3 Å². The summed E-state index contributed by atoms with van der Waals surface area (Å²) < 4.78 is 27.8. The number of anilines is 1. The molecule has 0 fully saturated rings. The normalized spacial score (nSPS) is 12.1. The van der Waals surface area contributed by atoms with Crippen LogP contribution < -0.4 is 15.5 Å². The maximum absolute atomic E-state index is 14.2. The number of benzene rings is 2. The molecule has 0 saturated carbocycles. The van der Waals surface area contributed by atoms with E-state index in [0.29, 0.717) is 17.1 Å². The van der Waals surface area contributed by atoms with Crippen LogP contribution in [0.1, 0.15) is 11.6 Å². The van der Waals surface area contributed by atoms with Crippen LogP contribution in [0, 0.1) is 11.6 Å². The Morgan fingerprint density at radius 1 is 1.12 bits per heavy atom. The van der Waals surface area contributed by atoms with E-state index in [0.717, 1.165) is 4.90 Å². The van der Waals surface area contributed by atoms with Crippen molar-refractivity contribution in [2.45, 2.75) is 6.04 Å². The average molecular weight is 371 g/mol. The van der Waals surface area contributed by atoms with Gasteiger partial charge in [0.1, 0.15) is 17.7 Å². The summed E-state index contributed by atoms with van der Waals surface area (Å²) in [5.41, 5.74) is 0.716. The molecular formula is C17H19ClF2N3S+. The summed E-state index contributed by atoms with van der Waals surface area (Å²) >= 11 is 11.3. The van der Waals surface area contributed by atoms with Gasteiger partial charge in [-0.3, -0.25) is 0 Å². The summed E-state index contributed by atoms with van der Waals surface area (Å²) in [7, 11) is 3.81. The van der Waals surface area contributed by atoms with Gasteiger partial charge in [-0.1, -0.05) is 29.8 Å². The van der Waals surface area contributed by atoms with E-state index in [4.69, 9.17) is 23.8 Å². The fourth-order valence-corrected chi connectivity index (χ4v) is 2.85. The van der Waals surface area contributed by atoms with Crippen LogP contribution in [0.3, 0.4) is 0 Å². The van der Waals surface area contributed by atoms with E-state index in [1.807, 2.05) is 14.1 Å². The minimum absolute atomic E-state index is 0.251. The lowest BCUT2D eigenvalue weighted by Gasteiger charge is -2.24. The lowest BCUT2D eigenvalue weighted by molar-refractivity contribution is -0.890. The van der Waals surface area contributed by atoms with Crippen LogP contribution in [0.15, 0.2) is 42.5 Å². The molecule has 0 spiro atoms. The van der Waals surface area contributed by atoms with Gasteiger partial charge in [-0.2, -0.15) is 0 Å². The number of para-hydroxylation sites is 1. The zero-order chi connectivity index (χ0) is 17.7. The molecule has 3 N–H and O–H groups in total. The monoisotopic (exact) mass is 370 g/mol. The Hall–Kier alpha value is -1.76. The van der Waals surface area contributed by atoms with Gasteiger partial charge < -0.3 is 15.5 Å². The molecule has 0 saturated heterocycles. The summed E-state index contributed by atoms with van der Waals surface area (Å²) in [6, 6.07) is 10.6. The fourth-order valence-electron chi connectivity index (χ4n) is 2.36. The van der Waals surface area contributed by atoms with E-state index in [-0.39, 0.29) is 22.7 Å². The van der Waals surface area contributed by atoms with Crippen molar-refractivity contribution in [3.63, 3.8) is 0 Å². The molecule has 2 aromatic carbocycles. The molecule has 128 valence electrons. The van der Waals surface area contributed by atoms with Crippen molar-refractivity contribution in [3.05, 3.63) is 64.7 Å². The number of halogens is 3. The van der Waals surface area contributed by atoms with E-state index in [9.17, 15) is 8.78 Å². The van der Waals surface area contributed by atoms with Crippen LogP contribution in [0.2, 0.25) is 5.02 Å². The summed E-state index contributed by atoms with van der Waals surface area (Å²) in [5.74, 6) is -0.753. The van der Waals surface area contributed by atoms with E-state index >= 15 is 0 Å². The lowest BCUT2D eigenvalue weighted by atomic mass is 10.1. The van der Waals surface area contributed by atoms with E-state index < -0.39 is 5.82 Å². The molecule has 1 atom stereocenters. The molecular weight excluding hydrogens is 352 g/mol. The molecule has 0 aliphatic heterocycles. The number of rotatable bonds is 5. The molecule has 0 unspecified atom stereocenters. The Bertz CT molecular complexity index is 704. The predicted octanol–water partition coefficient (Wildman–Crippen LogP) is 2.79. The lowest BCUT2D eigenvalue weighted by Crippen LogP contribution is -3.07. The van der Waals surface area contributed by atoms with Crippen LogP contribution in [-0.4, -0.2) is 25.8 Å². The van der Waals surface area contributed by atoms with Gasteiger partial charge in [0.15, 0.2) is 5.11 Å². The molecule has 0 aromatic heterocycles. The van der Waals surface area contributed by atoms with Crippen molar-refractivity contribution < 1.29 is 13.7 Å². The van der Waals surface area contributed by atoms with Crippen molar-refractivity contribution in [1.29, 1.82) is 0 Å². The van der Waals surface area contributed by atoms with Gasteiger partial charge >= 0.3 is 0 Å². The van der Waals surface area contributed by atoms with Crippen molar-refractivity contribution >= 4 is 34.6 Å². The first-order chi connectivity index (χ1) is 11.4. The van der Waals surface area contributed by atoms with Crippen LogP contribution in [0.4, 0.5) is 14.5 Å². The maximum Gasteiger partial charge on any atom is 0.171 e. The fraction of sp³-hybridized carbons (Fsp3) is 0.235. The van der Waals surface area contributed by atoms with Gasteiger partial charge in [-0.25, -0.2) is 8.78 Å².